The van der Waals surface area contributed by atoms with E-state index in [0.717, 1.165) is 38.0 Å². The minimum absolute atomic E-state index is 0.00439. The van der Waals surface area contributed by atoms with E-state index in [1.807, 2.05) is 24.3 Å². The second-order valence-corrected chi connectivity index (χ2v) is 6.07. The number of thiocarbonyl (C=S) groups is 1. The Morgan fingerprint density at radius 2 is 2.14 bits per heavy atom. The summed E-state index contributed by atoms with van der Waals surface area (Å²) in [5, 5.41) is 6.06. The zero-order valence-corrected chi connectivity index (χ0v) is 13.2. The number of rotatable bonds is 5. The maximum Gasteiger partial charge on any atom is 0.229 e. The average Bonchev–Trinajstić information content (AvgIpc) is 3.23. The number of ether oxygens (including phenoxy) is 2. The van der Waals surface area contributed by atoms with E-state index >= 15 is 0 Å². The third-order valence-electron chi connectivity index (χ3n) is 3.77. The van der Waals surface area contributed by atoms with Gasteiger partial charge in [-0.05, 0) is 50.0 Å². The number of hydrogen-bond donors (Lipinski definition) is 2. The molecule has 5 nitrogen and oxygen atoms in total. The molecule has 1 aliphatic carbocycles. The van der Waals surface area contributed by atoms with Crippen molar-refractivity contribution < 1.29 is 14.3 Å². The fourth-order valence-electron chi connectivity index (χ4n) is 2.37. The Balaban J connectivity index is 1.55. The van der Waals surface area contributed by atoms with Crippen molar-refractivity contribution in [2.24, 2.45) is 5.92 Å². The second-order valence-electron chi connectivity index (χ2n) is 5.66. The van der Waals surface area contributed by atoms with Gasteiger partial charge in [0.25, 0.3) is 0 Å². The van der Waals surface area contributed by atoms with Gasteiger partial charge in [0.2, 0.25) is 5.91 Å². The molecule has 22 heavy (non-hydrogen) atoms. The molecule has 6 heteroatoms. The summed E-state index contributed by atoms with van der Waals surface area (Å²) < 4.78 is 11.4. The van der Waals surface area contributed by atoms with Gasteiger partial charge >= 0.3 is 0 Å². The maximum absolute atomic E-state index is 11.7. The number of amides is 1. The van der Waals surface area contributed by atoms with Crippen LogP contribution in [0.15, 0.2) is 24.3 Å². The molecule has 1 saturated heterocycles. The predicted molar refractivity (Wildman–Crippen MR) is 88.0 cm³/mol. The smallest absolute Gasteiger partial charge is 0.229 e. The second kappa shape index (κ2) is 7.07. The van der Waals surface area contributed by atoms with Gasteiger partial charge in [-0.15, -0.1) is 0 Å². The van der Waals surface area contributed by atoms with Gasteiger partial charge in [0.15, 0.2) is 5.11 Å². The normalized spacial score (nSPS) is 20.5. The van der Waals surface area contributed by atoms with Crippen LogP contribution in [0.4, 0.5) is 5.69 Å². The molecule has 1 saturated carbocycles. The van der Waals surface area contributed by atoms with Crippen molar-refractivity contribution in [2.45, 2.75) is 31.8 Å². The van der Waals surface area contributed by atoms with Gasteiger partial charge in [0.1, 0.15) is 12.4 Å². The minimum Gasteiger partial charge on any atom is -0.489 e. The summed E-state index contributed by atoms with van der Waals surface area (Å²) in [5.74, 6) is 0.835. The van der Waals surface area contributed by atoms with Gasteiger partial charge in [-0.2, -0.15) is 0 Å². The Morgan fingerprint density at radius 1 is 1.32 bits per heavy atom. The van der Waals surface area contributed by atoms with E-state index in [4.69, 9.17) is 21.7 Å². The van der Waals surface area contributed by atoms with E-state index in [2.05, 4.69) is 10.6 Å². The molecule has 1 aromatic rings. The van der Waals surface area contributed by atoms with Crippen molar-refractivity contribution in [3.63, 3.8) is 0 Å². The lowest BCUT2D eigenvalue weighted by molar-refractivity contribution is -0.120. The molecule has 2 aliphatic rings. The Hall–Kier alpha value is -1.66. The summed E-state index contributed by atoms with van der Waals surface area (Å²) >= 11 is 5.19. The van der Waals surface area contributed by atoms with Crippen LogP contribution in [0.3, 0.4) is 0 Å². The molecule has 1 atom stereocenters. The highest BCUT2D eigenvalue weighted by molar-refractivity contribution is 7.80. The van der Waals surface area contributed by atoms with E-state index in [0.29, 0.717) is 17.5 Å². The van der Waals surface area contributed by atoms with Crippen molar-refractivity contribution in [3.8, 4) is 5.75 Å². The Bertz CT molecular complexity index is 554. The highest BCUT2D eigenvalue weighted by atomic mass is 32.1. The molecule has 1 aromatic carbocycles. The summed E-state index contributed by atoms with van der Waals surface area (Å²) in [6, 6.07) is 7.55. The van der Waals surface area contributed by atoms with Gasteiger partial charge in [-0.1, -0.05) is 12.1 Å². The SMILES string of the molecule is O=C(NC(=S)Nc1ccccc1OCC1CCCO1)C1CC1. The van der Waals surface area contributed by atoms with Crippen molar-refractivity contribution in [1.82, 2.24) is 5.32 Å². The Morgan fingerprint density at radius 3 is 2.86 bits per heavy atom. The quantitative estimate of drug-likeness (QED) is 0.816. The van der Waals surface area contributed by atoms with Crippen LogP contribution in [0.25, 0.3) is 0 Å². The molecule has 118 valence electrons. The Labute approximate surface area is 135 Å². The first-order valence-corrected chi connectivity index (χ1v) is 8.08. The molecule has 1 amide bonds. The van der Waals surface area contributed by atoms with Crippen LogP contribution in [0, 0.1) is 5.92 Å². The first-order valence-electron chi connectivity index (χ1n) is 7.67. The zero-order valence-electron chi connectivity index (χ0n) is 12.3. The first kappa shape index (κ1) is 15.2. The summed E-state index contributed by atoms with van der Waals surface area (Å²) in [6.45, 7) is 1.34. The van der Waals surface area contributed by atoms with Crippen molar-refractivity contribution >= 4 is 28.9 Å². The minimum atomic E-state index is -0.00439. The molecule has 2 fully saturated rings. The lowest BCUT2D eigenvalue weighted by Crippen LogP contribution is -2.35. The molecular weight excluding hydrogens is 300 g/mol. The van der Waals surface area contributed by atoms with Gasteiger partial charge < -0.3 is 20.1 Å². The van der Waals surface area contributed by atoms with Crippen LogP contribution in [0.1, 0.15) is 25.7 Å². The highest BCUT2D eigenvalue weighted by Gasteiger charge is 2.30. The maximum atomic E-state index is 11.7. The lowest BCUT2D eigenvalue weighted by atomic mass is 10.2. The van der Waals surface area contributed by atoms with Crippen molar-refractivity contribution in [2.75, 3.05) is 18.5 Å². The van der Waals surface area contributed by atoms with Crippen LogP contribution in [0.2, 0.25) is 0 Å². The molecule has 1 heterocycles. The molecule has 3 rings (SSSR count). The van der Waals surface area contributed by atoms with E-state index in [1.165, 1.54) is 0 Å². The van der Waals surface area contributed by atoms with Crippen molar-refractivity contribution in [3.05, 3.63) is 24.3 Å². The predicted octanol–water partition coefficient (Wildman–Crippen LogP) is 2.47. The summed E-state index contributed by atoms with van der Waals surface area (Å²) in [4.78, 5) is 11.7. The summed E-state index contributed by atoms with van der Waals surface area (Å²) in [6.07, 6.45) is 4.19. The average molecular weight is 320 g/mol. The number of carbonyl (C=O) groups excluding carboxylic acids is 1. The van der Waals surface area contributed by atoms with Crippen LogP contribution in [0.5, 0.6) is 5.75 Å². The van der Waals surface area contributed by atoms with E-state index < -0.39 is 0 Å². The zero-order chi connectivity index (χ0) is 15.4. The van der Waals surface area contributed by atoms with Gasteiger partial charge in [0, 0.05) is 12.5 Å². The summed E-state index contributed by atoms with van der Waals surface area (Å²) in [5.41, 5.74) is 0.751. The fraction of sp³-hybridized carbons (Fsp3) is 0.500. The highest BCUT2D eigenvalue weighted by Crippen LogP contribution is 2.29. The third kappa shape index (κ3) is 4.18. The van der Waals surface area contributed by atoms with Crippen LogP contribution >= 0.6 is 12.2 Å². The van der Waals surface area contributed by atoms with E-state index in [1.54, 1.807) is 0 Å². The molecule has 1 aliphatic heterocycles. The molecule has 1 unspecified atom stereocenters. The van der Waals surface area contributed by atoms with Crippen LogP contribution in [-0.2, 0) is 9.53 Å². The standard InChI is InChI=1S/C16H20N2O3S/c19-15(11-7-8-11)18-16(22)17-13-5-1-2-6-14(13)21-10-12-4-3-9-20-12/h1-2,5-6,11-12H,3-4,7-10H2,(H2,17,18,19,22). The number of anilines is 1. The number of carbonyl (C=O) groups is 1. The molecule has 0 aromatic heterocycles. The first-order chi connectivity index (χ1) is 10.7. The molecular formula is C16H20N2O3S. The van der Waals surface area contributed by atoms with Gasteiger partial charge in [-0.25, -0.2) is 0 Å². The van der Waals surface area contributed by atoms with E-state index in [-0.39, 0.29) is 17.9 Å². The molecule has 0 radical (unpaired) electrons. The topological polar surface area (TPSA) is 59.6 Å². The summed E-state index contributed by atoms with van der Waals surface area (Å²) in [7, 11) is 0. The largest absolute Gasteiger partial charge is 0.489 e. The molecule has 0 bridgehead atoms. The van der Waals surface area contributed by atoms with Gasteiger partial charge in [0.05, 0.1) is 11.8 Å². The lowest BCUT2D eigenvalue weighted by Gasteiger charge is -2.16. The van der Waals surface area contributed by atoms with Crippen molar-refractivity contribution in [1.29, 1.82) is 0 Å². The number of benzene rings is 1. The number of hydrogen-bond acceptors (Lipinski definition) is 4. The third-order valence-corrected chi connectivity index (χ3v) is 3.97. The van der Waals surface area contributed by atoms with E-state index in [9.17, 15) is 4.79 Å². The molecule has 2 N–H and O–H groups in total. The van der Waals surface area contributed by atoms with Crippen LogP contribution in [-0.4, -0.2) is 30.3 Å². The Kier molecular flexibility index (Phi) is 4.90. The number of para-hydroxylation sites is 2. The monoisotopic (exact) mass is 320 g/mol. The van der Waals surface area contributed by atoms with Crippen LogP contribution < -0.4 is 15.4 Å². The number of nitrogens with one attached hydrogen (secondary N) is 2. The molecule has 0 spiro atoms. The van der Waals surface area contributed by atoms with Gasteiger partial charge in [-0.3, -0.25) is 4.79 Å². The fourth-order valence-corrected chi connectivity index (χ4v) is 2.58.